The molecule has 3 N–H and O–H groups in total. The van der Waals surface area contributed by atoms with Crippen LogP contribution in [0.2, 0.25) is 10.0 Å². The second-order valence-corrected chi connectivity index (χ2v) is 9.30. The predicted octanol–water partition coefficient (Wildman–Crippen LogP) is 0.690. The van der Waals surface area contributed by atoms with Crippen molar-refractivity contribution in [2.75, 3.05) is 0 Å². The predicted molar refractivity (Wildman–Crippen MR) is 112 cm³/mol. The van der Waals surface area contributed by atoms with E-state index in [4.69, 9.17) is 28.5 Å². The highest BCUT2D eigenvalue weighted by Crippen LogP contribution is 2.34. The molecule has 2 aromatic rings. The van der Waals surface area contributed by atoms with Gasteiger partial charge in [0.15, 0.2) is 11.3 Å². The number of nitrogens with zero attached hydrogens (tertiary/aromatic N) is 4. The maximum atomic E-state index is 13.1. The first-order valence-electron chi connectivity index (χ1n) is 8.58. The number of hydrogen-bond donors (Lipinski definition) is 3. The summed E-state index contributed by atoms with van der Waals surface area (Å²) in [5.74, 6) is -0.177. The molecule has 0 saturated heterocycles. The standard InChI is InChI=1S/C17H14Cl2N6O5S/c1-7(2)9-5-13(22-23-15(9)26)31(29,30)14-10(18)3-8(4-11(14)19)25-17(28)21-16(27)12(6-20)24-25/h3-5,7,15,23,26H,1-2H3,(H,21,27,28). The number of aromatic amines is 1. The molecule has 0 amide bonds. The summed E-state index contributed by atoms with van der Waals surface area (Å²) >= 11 is 12.4. The van der Waals surface area contributed by atoms with Gasteiger partial charge in [-0.25, -0.2) is 13.2 Å². The molecule has 0 saturated carbocycles. The van der Waals surface area contributed by atoms with Crippen molar-refractivity contribution < 1.29 is 13.5 Å². The number of nitriles is 1. The monoisotopic (exact) mass is 484 g/mol. The molecule has 1 aliphatic rings. The van der Waals surface area contributed by atoms with Crippen LogP contribution in [0.4, 0.5) is 0 Å². The molecule has 31 heavy (non-hydrogen) atoms. The van der Waals surface area contributed by atoms with E-state index in [9.17, 15) is 23.1 Å². The topological polar surface area (TPSA) is 170 Å². The van der Waals surface area contributed by atoms with E-state index in [0.29, 0.717) is 10.3 Å². The molecule has 1 aliphatic heterocycles. The smallest absolute Gasteiger partial charge is 0.349 e. The molecule has 0 fully saturated rings. The van der Waals surface area contributed by atoms with Gasteiger partial charge in [0.25, 0.3) is 5.56 Å². The minimum Gasteiger partial charge on any atom is -0.368 e. The molecule has 2 heterocycles. The molecule has 0 aliphatic carbocycles. The Morgan fingerprint density at radius 1 is 1.26 bits per heavy atom. The lowest BCUT2D eigenvalue weighted by Crippen LogP contribution is -2.35. The van der Waals surface area contributed by atoms with E-state index >= 15 is 0 Å². The van der Waals surface area contributed by atoms with E-state index in [0.717, 1.165) is 12.1 Å². The fraction of sp³-hybridized carbons (Fsp3) is 0.235. The number of aromatic nitrogens is 3. The second kappa shape index (κ2) is 8.27. The van der Waals surface area contributed by atoms with E-state index in [1.54, 1.807) is 13.8 Å². The van der Waals surface area contributed by atoms with Crippen LogP contribution in [0, 0.1) is 17.2 Å². The number of rotatable bonds is 3. The van der Waals surface area contributed by atoms with Crippen molar-refractivity contribution in [1.29, 1.82) is 5.26 Å². The van der Waals surface area contributed by atoms with E-state index in [2.05, 4.69) is 15.6 Å². The average Bonchev–Trinajstić information content (AvgIpc) is 2.67. The summed E-state index contributed by atoms with van der Waals surface area (Å²) in [6.07, 6.45) is 0.0920. The summed E-state index contributed by atoms with van der Waals surface area (Å²) in [4.78, 5) is 25.0. The van der Waals surface area contributed by atoms with Crippen molar-refractivity contribution in [2.45, 2.75) is 25.0 Å². The van der Waals surface area contributed by atoms with Crippen LogP contribution in [0.3, 0.4) is 0 Å². The highest BCUT2D eigenvalue weighted by Gasteiger charge is 2.31. The van der Waals surface area contributed by atoms with Crippen LogP contribution < -0.4 is 16.7 Å². The maximum Gasteiger partial charge on any atom is 0.349 e. The Morgan fingerprint density at radius 2 is 1.87 bits per heavy atom. The molecule has 11 nitrogen and oxygen atoms in total. The zero-order valence-corrected chi connectivity index (χ0v) is 18.2. The number of sulfone groups is 1. The third-order valence-corrected chi connectivity index (χ3v) is 6.83. The Hall–Kier alpha value is -2.98. The summed E-state index contributed by atoms with van der Waals surface area (Å²) < 4.78 is 26.9. The number of hydrogen-bond acceptors (Lipinski definition) is 9. The van der Waals surface area contributed by atoms with Crippen molar-refractivity contribution >= 4 is 38.1 Å². The summed E-state index contributed by atoms with van der Waals surface area (Å²) in [6.45, 7) is 3.54. The quantitative estimate of drug-likeness (QED) is 0.570. The van der Waals surface area contributed by atoms with Gasteiger partial charge in [0.1, 0.15) is 11.0 Å². The third kappa shape index (κ3) is 4.13. The molecular formula is C17H14Cl2N6O5S. The third-order valence-electron chi connectivity index (χ3n) is 4.28. The highest BCUT2D eigenvalue weighted by molar-refractivity contribution is 8.07. The van der Waals surface area contributed by atoms with E-state index in [1.165, 1.54) is 12.1 Å². The number of H-pyrrole nitrogens is 1. The van der Waals surface area contributed by atoms with Crippen LogP contribution >= 0.6 is 23.2 Å². The van der Waals surface area contributed by atoms with Crippen LogP contribution in [0.25, 0.3) is 5.69 Å². The summed E-state index contributed by atoms with van der Waals surface area (Å²) in [5, 5.41) is 25.1. The zero-order chi connectivity index (χ0) is 23.1. The number of benzene rings is 1. The minimum atomic E-state index is -4.32. The molecule has 1 aromatic heterocycles. The lowest BCUT2D eigenvalue weighted by molar-refractivity contribution is 0.163. The molecule has 0 spiro atoms. The van der Waals surface area contributed by atoms with Crippen LogP contribution in [0.1, 0.15) is 19.5 Å². The van der Waals surface area contributed by atoms with E-state index < -0.39 is 42.9 Å². The maximum absolute atomic E-state index is 13.1. The summed E-state index contributed by atoms with van der Waals surface area (Å²) in [7, 11) is -4.32. The Balaban J connectivity index is 2.15. The first-order valence-corrected chi connectivity index (χ1v) is 10.8. The number of nitrogens with one attached hydrogen (secondary N) is 2. The molecule has 1 aromatic carbocycles. The molecule has 1 unspecified atom stereocenters. The van der Waals surface area contributed by atoms with E-state index in [-0.39, 0.29) is 21.7 Å². The molecule has 1 atom stereocenters. The van der Waals surface area contributed by atoms with Gasteiger partial charge in [-0.1, -0.05) is 37.0 Å². The van der Waals surface area contributed by atoms with Gasteiger partial charge in [0, 0.05) is 0 Å². The Morgan fingerprint density at radius 3 is 2.42 bits per heavy atom. The van der Waals surface area contributed by atoms with Crippen molar-refractivity contribution in [2.24, 2.45) is 11.0 Å². The zero-order valence-electron chi connectivity index (χ0n) is 15.9. The number of aliphatic hydroxyl groups is 1. The van der Waals surface area contributed by atoms with Crippen LogP contribution in [-0.2, 0) is 9.84 Å². The SMILES string of the molecule is CC(C)C1=CC(S(=O)(=O)c2c(Cl)cc(-n3nc(C#N)c(=O)[nH]c3=O)cc2Cl)=NNC1O. The summed E-state index contributed by atoms with van der Waals surface area (Å²) in [6, 6.07) is 3.71. The second-order valence-electron chi connectivity index (χ2n) is 6.65. The molecule has 3 rings (SSSR count). The van der Waals surface area contributed by atoms with Crippen LogP contribution in [-0.4, -0.2) is 39.6 Å². The molecule has 0 bridgehead atoms. The van der Waals surface area contributed by atoms with Crippen molar-refractivity contribution in [3.05, 3.63) is 60.4 Å². The normalized spacial score (nSPS) is 16.4. The first kappa shape index (κ1) is 22.7. The lowest BCUT2D eigenvalue weighted by Gasteiger charge is -2.23. The number of halogens is 2. The van der Waals surface area contributed by atoms with Gasteiger partial charge in [0.05, 0.1) is 15.7 Å². The molecule has 162 valence electrons. The largest absolute Gasteiger partial charge is 0.368 e. The Bertz CT molecular complexity index is 1380. The fourth-order valence-electron chi connectivity index (χ4n) is 2.75. The highest BCUT2D eigenvalue weighted by atomic mass is 35.5. The van der Waals surface area contributed by atoms with Gasteiger partial charge in [-0.15, -0.1) is 5.10 Å². The van der Waals surface area contributed by atoms with Crippen LogP contribution in [0.15, 0.2) is 43.4 Å². The Labute approximate surface area is 185 Å². The molecule has 14 heteroatoms. The van der Waals surface area contributed by atoms with Gasteiger partial charge in [-0.3, -0.25) is 15.2 Å². The van der Waals surface area contributed by atoms with Gasteiger partial charge in [-0.05, 0) is 29.7 Å². The number of aliphatic hydroxyl groups excluding tert-OH is 1. The summed E-state index contributed by atoms with van der Waals surface area (Å²) in [5.41, 5.74) is 0.104. The van der Waals surface area contributed by atoms with Gasteiger partial charge in [0.2, 0.25) is 15.5 Å². The van der Waals surface area contributed by atoms with Crippen LogP contribution in [0.5, 0.6) is 0 Å². The molecule has 0 radical (unpaired) electrons. The minimum absolute atomic E-state index is 0.0794. The van der Waals surface area contributed by atoms with Crippen molar-refractivity contribution in [3.63, 3.8) is 0 Å². The number of hydrazone groups is 1. The van der Waals surface area contributed by atoms with E-state index in [1.807, 2.05) is 4.98 Å². The average molecular weight is 485 g/mol. The first-order chi connectivity index (χ1) is 14.5. The van der Waals surface area contributed by atoms with Gasteiger partial charge < -0.3 is 5.11 Å². The lowest BCUT2D eigenvalue weighted by atomic mass is 10.0. The van der Waals surface area contributed by atoms with Crippen molar-refractivity contribution in [3.8, 4) is 11.8 Å². The van der Waals surface area contributed by atoms with Gasteiger partial charge >= 0.3 is 5.69 Å². The van der Waals surface area contributed by atoms with Crippen molar-refractivity contribution in [1.82, 2.24) is 20.2 Å². The van der Waals surface area contributed by atoms with Gasteiger partial charge in [-0.2, -0.15) is 15.0 Å². The molecular weight excluding hydrogens is 471 g/mol. The fourth-order valence-corrected chi connectivity index (χ4v) is 5.14. The Kier molecular flexibility index (Phi) is 6.06.